The molecular weight excluding hydrogens is 903 g/mol. The van der Waals surface area contributed by atoms with Crippen molar-refractivity contribution in [3.63, 3.8) is 0 Å². The lowest BCUT2D eigenvalue weighted by atomic mass is 9.78. The van der Waals surface area contributed by atoms with Gasteiger partial charge >= 0.3 is 11.8 Å². The summed E-state index contributed by atoms with van der Waals surface area (Å²) in [6, 6.07) is 8.28. The van der Waals surface area contributed by atoms with Crippen LogP contribution in [0.25, 0.3) is 10.8 Å². The van der Waals surface area contributed by atoms with Gasteiger partial charge in [0, 0.05) is 76.5 Å². The number of ether oxygens (including phenoxy) is 5. The molecule has 0 saturated heterocycles. The van der Waals surface area contributed by atoms with E-state index in [1.165, 1.54) is 59.3 Å². The number of aliphatic hydroxyl groups excluding tert-OH is 2. The number of fused-ring (bicyclic) bond motifs is 14. The van der Waals surface area contributed by atoms with Crippen molar-refractivity contribution in [1.29, 1.82) is 0 Å². The van der Waals surface area contributed by atoms with E-state index in [0.29, 0.717) is 5.69 Å². The van der Waals surface area contributed by atoms with Crippen LogP contribution < -0.4 is 20.1 Å². The summed E-state index contributed by atoms with van der Waals surface area (Å²) in [5.74, 6) is -8.42. The molecule has 61 heavy (non-hydrogen) atoms. The minimum Gasteiger partial charge on any atom is -0.507 e. The molecule has 9 atom stereocenters. The quantitative estimate of drug-likeness (QED) is 0.0865. The lowest BCUT2D eigenvalue weighted by Gasteiger charge is -2.38. The maximum Gasteiger partial charge on any atom is 0.312 e. The van der Waals surface area contributed by atoms with Gasteiger partial charge < -0.3 is 54.7 Å². The summed E-state index contributed by atoms with van der Waals surface area (Å²) >= 11 is 2.14. The molecule has 0 radical (unpaired) electrons. The van der Waals surface area contributed by atoms with Crippen LogP contribution in [0, 0.1) is 34.2 Å². The normalized spacial score (nSPS) is 28.6. The first-order valence-corrected chi connectivity index (χ1v) is 20.8. The number of phenols is 2. The highest BCUT2D eigenvalue weighted by Gasteiger charge is 2.49. The molecule has 5 bridgehead atoms. The van der Waals surface area contributed by atoms with Crippen molar-refractivity contribution in [3.05, 3.63) is 81.2 Å². The van der Waals surface area contributed by atoms with Gasteiger partial charge in [0.1, 0.15) is 23.4 Å². The Balaban J connectivity index is 1.65. The van der Waals surface area contributed by atoms with Crippen LogP contribution in [0.5, 0.6) is 23.0 Å². The number of Topliss-reactive ketones (excluding diaryl/α,β-unsaturated/α-hetero) is 1. The van der Waals surface area contributed by atoms with Crippen molar-refractivity contribution >= 4 is 68.3 Å². The number of methoxy groups -OCH3 is 1. The zero-order valence-corrected chi connectivity index (χ0v) is 37.6. The predicted octanol–water partition coefficient (Wildman–Crippen LogP) is 6.67. The highest BCUT2D eigenvalue weighted by molar-refractivity contribution is 14.1. The number of aromatic hydroxyl groups is 2. The van der Waals surface area contributed by atoms with Crippen LogP contribution in [-0.4, -0.2) is 87.9 Å². The molecule has 0 spiro atoms. The minimum absolute atomic E-state index is 0.0609. The van der Waals surface area contributed by atoms with Gasteiger partial charge in [0.15, 0.2) is 12.4 Å². The molecule has 3 heterocycles. The Kier molecular flexibility index (Phi) is 14.8. The molecule has 15 nitrogen and oxygen atoms in total. The molecule has 6 rings (SSSR count). The molecule has 328 valence electrons. The second-order valence-corrected chi connectivity index (χ2v) is 17.0. The first kappa shape index (κ1) is 46.9. The molecule has 2 amide bonds. The van der Waals surface area contributed by atoms with Crippen LogP contribution in [0.15, 0.2) is 66.5 Å². The number of amides is 2. The minimum atomic E-state index is -2.04. The van der Waals surface area contributed by atoms with E-state index in [1.807, 2.05) is 12.1 Å². The summed E-state index contributed by atoms with van der Waals surface area (Å²) in [6.45, 7) is 11.9. The molecule has 3 aromatic rings. The fourth-order valence-corrected chi connectivity index (χ4v) is 7.98. The summed E-state index contributed by atoms with van der Waals surface area (Å²) in [7, 11) is 1.43. The van der Waals surface area contributed by atoms with E-state index in [1.54, 1.807) is 52.0 Å². The summed E-state index contributed by atoms with van der Waals surface area (Å²) in [6.07, 6.45) is 3.52. The molecule has 3 aliphatic heterocycles. The number of esters is 1. The fraction of sp³-hybridized carbons (Fsp3) is 0.422. The summed E-state index contributed by atoms with van der Waals surface area (Å²) in [5, 5.41) is 51.2. The predicted molar refractivity (Wildman–Crippen MR) is 235 cm³/mol. The number of aliphatic hydroxyl groups is 2. The third-order valence-electron chi connectivity index (χ3n) is 11.3. The van der Waals surface area contributed by atoms with Crippen molar-refractivity contribution in [2.24, 2.45) is 23.7 Å². The number of phenolic OH excluding ortho intramolecular Hbond substituents is 2. The number of hydrogen-bond acceptors (Lipinski definition) is 13. The number of carbonyl (C=O) groups is 4. The first-order chi connectivity index (χ1) is 28.7. The van der Waals surface area contributed by atoms with Gasteiger partial charge in [-0.3, -0.25) is 19.2 Å². The Morgan fingerprint density at radius 1 is 0.951 bits per heavy atom. The number of benzene rings is 3. The van der Waals surface area contributed by atoms with Crippen LogP contribution in [0.4, 0.5) is 11.4 Å². The number of allylic oxidation sites excluding steroid dienone is 2. The second-order valence-electron chi connectivity index (χ2n) is 15.7. The van der Waals surface area contributed by atoms with Crippen molar-refractivity contribution in [2.45, 2.75) is 85.6 Å². The Hall–Kier alpha value is -5.17. The first-order valence-electron chi connectivity index (χ1n) is 19.7. The van der Waals surface area contributed by atoms with Gasteiger partial charge in [-0.25, -0.2) is 0 Å². The van der Waals surface area contributed by atoms with E-state index < -0.39 is 95.5 Å². The summed E-state index contributed by atoms with van der Waals surface area (Å²) < 4.78 is 30.7. The SMILES string of the molecule is CO[C@H]1C=CO[C@@]2(C)Oc3c(C)c(O)c4c(O)c(cc(OCC(=O)Nc5ccc(I)cc5)c4c3C2=O)NC(=O)/C(C)=C\C=C/[C@H](C)[C@H](O)[C@@H](C)[C@@H](O)[C@@H](C)[C@H](OC(C)=O)[C@@H]1C. The largest absolute Gasteiger partial charge is 0.507 e. The van der Waals surface area contributed by atoms with Gasteiger partial charge in [-0.05, 0) is 66.8 Å². The zero-order valence-electron chi connectivity index (χ0n) is 35.4. The van der Waals surface area contributed by atoms with E-state index in [0.717, 1.165) is 3.57 Å². The number of hydrogen-bond donors (Lipinski definition) is 6. The lowest BCUT2D eigenvalue weighted by Crippen LogP contribution is -2.46. The van der Waals surface area contributed by atoms with E-state index in [2.05, 4.69) is 33.2 Å². The van der Waals surface area contributed by atoms with Crippen molar-refractivity contribution in [3.8, 4) is 23.0 Å². The van der Waals surface area contributed by atoms with Crippen LogP contribution in [0.1, 0.15) is 64.4 Å². The Bertz CT molecular complexity index is 2270. The Morgan fingerprint density at radius 3 is 2.26 bits per heavy atom. The zero-order chi connectivity index (χ0) is 45.1. The van der Waals surface area contributed by atoms with Gasteiger partial charge in [-0.15, -0.1) is 0 Å². The van der Waals surface area contributed by atoms with E-state index >= 15 is 0 Å². The van der Waals surface area contributed by atoms with Crippen LogP contribution in [0.3, 0.4) is 0 Å². The maximum absolute atomic E-state index is 14.5. The van der Waals surface area contributed by atoms with Crippen molar-refractivity contribution < 1.29 is 63.3 Å². The average molecular weight is 957 g/mol. The van der Waals surface area contributed by atoms with Crippen molar-refractivity contribution in [2.75, 3.05) is 24.4 Å². The van der Waals surface area contributed by atoms with Gasteiger partial charge in [-0.1, -0.05) is 45.9 Å². The molecule has 0 unspecified atom stereocenters. The smallest absolute Gasteiger partial charge is 0.312 e. The molecule has 0 saturated carbocycles. The molecule has 3 aliphatic rings. The number of ketones is 1. The molecular formula is C45H53IN2O13. The maximum atomic E-state index is 14.5. The number of anilines is 2. The van der Waals surface area contributed by atoms with Gasteiger partial charge in [-0.2, -0.15) is 0 Å². The highest BCUT2D eigenvalue weighted by Crippen LogP contribution is 2.54. The van der Waals surface area contributed by atoms with E-state index in [9.17, 15) is 39.6 Å². The standard InChI is InChI=1S/C45H53IN2O13/c1-21-11-10-12-22(2)44(56)48-30-19-32(58-20-33(50)47-29-15-13-28(46)14-16-29)34-35(40(30)54)39(53)26(6)42-36(34)43(55)45(8,61-42)59-18-17-31(57-9)23(3)41(60-27(7)49)25(5)38(52)24(4)37(21)51/h10-19,21,23-25,31,37-38,41,51-54H,20H2,1-9H3,(H,47,50)(H,48,56)/b11-10-,18-17?,22-12-/t21-,23+,24+,25+,31-,37-,38+,41+,45-/m0/s1. The van der Waals surface area contributed by atoms with E-state index in [-0.39, 0.29) is 44.7 Å². The number of nitrogens with one attached hydrogen (secondary N) is 2. The number of halogens is 1. The molecule has 0 fully saturated rings. The van der Waals surface area contributed by atoms with Gasteiger partial charge in [0.2, 0.25) is 0 Å². The van der Waals surface area contributed by atoms with Crippen LogP contribution in [0.2, 0.25) is 0 Å². The van der Waals surface area contributed by atoms with E-state index in [4.69, 9.17) is 23.7 Å². The third kappa shape index (κ3) is 9.98. The molecule has 3 aromatic carbocycles. The summed E-state index contributed by atoms with van der Waals surface area (Å²) in [4.78, 5) is 53.6. The molecule has 6 N–H and O–H groups in total. The number of rotatable bonds is 6. The molecule has 0 aliphatic carbocycles. The number of carbonyl (C=O) groups excluding carboxylic acids is 4. The average Bonchev–Trinajstić information content (AvgIpc) is 3.48. The highest BCUT2D eigenvalue weighted by atomic mass is 127. The summed E-state index contributed by atoms with van der Waals surface area (Å²) in [5.41, 5.74) is 0.413. The molecule has 16 heteroatoms. The lowest BCUT2D eigenvalue weighted by molar-refractivity contribution is -0.160. The third-order valence-corrected chi connectivity index (χ3v) is 12.0. The monoisotopic (exact) mass is 956 g/mol. The Morgan fingerprint density at radius 2 is 1.62 bits per heavy atom. The topological polar surface area (TPSA) is 219 Å². The fourth-order valence-electron chi connectivity index (χ4n) is 7.62. The Labute approximate surface area is 367 Å². The van der Waals surface area contributed by atoms with Gasteiger partial charge in [0.05, 0.1) is 41.2 Å². The van der Waals surface area contributed by atoms with Crippen LogP contribution in [-0.2, 0) is 28.6 Å². The van der Waals surface area contributed by atoms with Crippen molar-refractivity contribution in [1.82, 2.24) is 0 Å². The van der Waals surface area contributed by atoms with Gasteiger partial charge in [0.25, 0.3) is 17.6 Å². The van der Waals surface area contributed by atoms with Crippen LogP contribution >= 0.6 is 22.6 Å². The second kappa shape index (κ2) is 19.3. The molecule has 0 aromatic heterocycles.